The summed E-state index contributed by atoms with van der Waals surface area (Å²) < 4.78 is 5.78. The van der Waals surface area contributed by atoms with Crippen molar-refractivity contribution in [3.8, 4) is 0 Å². The largest absolute Gasteiger partial charge is 0.480 e. The average molecular weight is 508 g/mol. The highest BCUT2D eigenvalue weighted by atomic mass is 16.5. The molecule has 0 aliphatic heterocycles. The van der Waals surface area contributed by atoms with Crippen LogP contribution in [0.25, 0.3) is 0 Å². The molecule has 0 radical (unpaired) electrons. The number of allylic oxidation sites excluding steroid dienone is 3. The number of esters is 1. The van der Waals surface area contributed by atoms with Gasteiger partial charge in [0.2, 0.25) is 5.91 Å². The number of aliphatic carboxylic acids is 1. The lowest BCUT2D eigenvalue weighted by Gasteiger charge is -2.14. The maximum atomic E-state index is 12.4. The van der Waals surface area contributed by atoms with Gasteiger partial charge in [-0.15, -0.1) is 0 Å². The van der Waals surface area contributed by atoms with Gasteiger partial charge in [0.25, 0.3) is 0 Å². The summed E-state index contributed by atoms with van der Waals surface area (Å²) in [5, 5.41) is 11.0. The molecule has 2 N–H and O–H groups in total. The fourth-order valence-corrected chi connectivity index (χ4v) is 3.94. The number of carbonyl (C=O) groups excluding carboxylic acids is 2. The van der Waals surface area contributed by atoms with E-state index in [1.165, 1.54) is 44.9 Å². The van der Waals surface area contributed by atoms with Crippen LogP contribution in [0.2, 0.25) is 0 Å². The Morgan fingerprint density at radius 2 is 1.36 bits per heavy atom. The van der Waals surface area contributed by atoms with Gasteiger partial charge >= 0.3 is 11.9 Å². The number of hydrogen-bond donors (Lipinski definition) is 2. The minimum absolute atomic E-state index is 0.107. The normalized spacial score (nSPS) is 12.3. The van der Waals surface area contributed by atoms with Crippen LogP contribution in [0.3, 0.4) is 0 Å². The van der Waals surface area contributed by atoms with E-state index in [2.05, 4.69) is 37.4 Å². The molecule has 1 amide bonds. The van der Waals surface area contributed by atoms with Crippen LogP contribution in [0, 0.1) is 0 Å². The van der Waals surface area contributed by atoms with E-state index in [4.69, 9.17) is 9.84 Å². The van der Waals surface area contributed by atoms with Crippen molar-refractivity contribution < 1.29 is 24.2 Å². The van der Waals surface area contributed by atoms with Crippen LogP contribution in [0.1, 0.15) is 136 Å². The summed E-state index contributed by atoms with van der Waals surface area (Å²) in [5.74, 6) is -1.36. The predicted molar refractivity (Wildman–Crippen MR) is 148 cm³/mol. The lowest BCUT2D eigenvalue weighted by Crippen LogP contribution is -2.28. The van der Waals surface area contributed by atoms with Gasteiger partial charge in [0.15, 0.2) is 0 Å². The summed E-state index contributed by atoms with van der Waals surface area (Å²) in [5.41, 5.74) is 0. The summed E-state index contributed by atoms with van der Waals surface area (Å²) in [6.45, 7) is 4.07. The molecule has 0 bridgehead atoms. The monoisotopic (exact) mass is 507 g/mol. The fraction of sp³-hybridized carbons (Fsp3) is 0.767. The number of rotatable bonds is 25. The number of amides is 1. The van der Waals surface area contributed by atoms with E-state index in [1.54, 1.807) is 0 Å². The van der Waals surface area contributed by atoms with E-state index < -0.39 is 5.97 Å². The zero-order chi connectivity index (χ0) is 26.7. The molecule has 36 heavy (non-hydrogen) atoms. The first-order chi connectivity index (χ1) is 17.5. The minimum atomic E-state index is -1.03. The molecule has 0 rings (SSSR count). The van der Waals surface area contributed by atoms with E-state index in [0.29, 0.717) is 12.8 Å². The van der Waals surface area contributed by atoms with Crippen LogP contribution in [0.15, 0.2) is 24.3 Å². The Kier molecular flexibility index (Phi) is 24.4. The van der Waals surface area contributed by atoms with Crippen LogP contribution in [0.4, 0.5) is 0 Å². The Bertz CT molecular complexity index is 614. The second kappa shape index (κ2) is 26.0. The summed E-state index contributed by atoms with van der Waals surface area (Å²) in [7, 11) is 0. The molecule has 1 atom stereocenters. The van der Waals surface area contributed by atoms with Crippen molar-refractivity contribution in [2.45, 2.75) is 142 Å². The molecule has 0 fully saturated rings. The second-order valence-electron chi connectivity index (χ2n) is 9.65. The maximum absolute atomic E-state index is 12.4. The van der Waals surface area contributed by atoms with Crippen molar-refractivity contribution in [3.05, 3.63) is 24.3 Å². The van der Waals surface area contributed by atoms with Crippen molar-refractivity contribution >= 4 is 17.8 Å². The Morgan fingerprint density at radius 3 is 2.00 bits per heavy atom. The van der Waals surface area contributed by atoms with Crippen LogP contribution < -0.4 is 5.32 Å². The molecule has 0 saturated carbocycles. The first-order valence-corrected chi connectivity index (χ1v) is 14.5. The molecule has 0 aliphatic rings. The van der Waals surface area contributed by atoms with Gasteiger partial charge in [-0.05, 0) is 44.6 Å². The third kappa shape index (κ3) is 25.0. The summed E-state index contributed by atoms with van der Waals surface area (Å²) in [4.78, 5) is 34.5. The number of ether oxygens (including phenoxy) is 1. The van der Waals surface area contributed by atoms with Gasteiger partial charge in [-0.3, -0.25) is 14.4 Å². The predicted octanol–water partition coefficient (Wildman–Crippen LogP) is 7.66. The molecule has 6 heteroatoms. The van der Waals surface area contributed by atoms with Gasteiger partial charge < -0.3 is 15.2 Å². The zero-order valence-electron chi connectivity index (χ0n) is 23.1. The lowest BCUT2D eigenvalue weighted by molar-refractivity contribution is -0.147. The van der Waals surface area contributed by atoms with E-state index in [1.807, 2.05) is 6.08 Å². The third-order valence-electron chi connectivity index (χ3n) is 6.09. The van der Waals surface area contributed by atoms with Gasteiger partial charge in [-0.2, -0.15) is 0 Å². The maximum Gasteiger partial charge on any atom is 0.322 e. The smallest absolute Gasteiger partial charge is 0.322 e. The molecule has 208 valence electrons. The Balaban J connectivity index is 4.21. The highest BCUT2D eigenvalue weighted by Gasteiger charge is 2.11. The van der Waals surface area contributed by atoms with E-state index in [9.17, 15) is 14.4 Å². The molecule has 0 spiro atoms. The van der Waals surface area contributed by atoms with Gasteiger partial charge in [0.1, 0.15) is 12.6 Å². The molecule has 0 aliphatic carbocycles. The molecule has 6 nitrogen and oxygen atoms in total. The van der Waals surface area contributed by atoms with E-state index in [0.717, 1.165) is 64.2 Å². The van der Waals surface area contributed by atoms with Crippen LogP contribution >= 0.6 is 0 Å². The molecular weight excluding hydrogens is 454 g/mol. The number of nitrogens with one attached hydrogen (secondary N) is 1. The topological polar surface area (TPSA) is 92.7 Å². The van der Waals surface area contributed by atoms with Gasteiger partial charge in [-0.25, -0.2) is 0 Å². The fourth-order valence-electron chi connectivity index (χ4n) is 3.94. The average Bonchev–Trinajstić information content (AvgIpc) is 2.85. The lowest BCUT2D eigenvalue weighted by atomic mass is 10.1. The van der Waals surface area contributed by atoms with Crippen molar-refractivity contribution in [1.82, 2.24) is 5.32 Å². The molecule has 0 aromatic heterocycles. The van der Waals surface area contributed by atoms with Crippen molar-refractivity contribution in [2.75, 3.05) is 6.54 Å². The van der Waals surface area contributed by atoms with Crippen molar-refractivity contribution in [3.63, 3.8) is 0 Å². The zero-order valence-corrected chi connectivity index (χ0v) is 23.1. The highest BCUT2D eigenvalue weighted by Crippen LogP contribution is 2.14. The van der Waals surface area contributed by atoms with Crippen LogP contribution in [-0.2, 0) is 19.1 Å². The molecule has 0 heterocycles. The third-order valence-corrected chi connectivity index (χ3v) is 6.09. The van der Waals surface area contributed by atoms with Crippen molar-refractivity contribution in [2.24, 2.45) is 0 Å². The van der Waals surface area contributed by atoms with Gasteiger partial charge in [0, 0.05) is 12.8 Å². The first kappa shape index (κ1) is 33.9. The first-order valence-electron chi connectivity index (χ1n) is 14.5. The van der Waals surface area contributed by atoms with Crippen LogP contribution in [-0.4, -0.2) is 35.6 Å². The number of carbonyl (C=O) groups is 3. The standard InChI is InChI=1S/C30H53NO5/c1-3-5-7-9-11-12-13-15-21-25-30(35)36-27(22-18-14-10-8-6-4-2)23-19-16-17-20-24-28(32)31-26-29(33)34/h8,10,18,22,27H,3-7,9,11-17,19-21,23-26H2,1-2H3,(H,31,32)(H,33,34)/b10-8-,22-18-. The molecule has 0 saturated heterocycles. The number of carboxylic acids is 1. The van der Waals surface area contributed by atoms with E-state index >= 15 is 0 Å². The molecular formula is C30H53NO5. The van der Waals surface area contributed by atoms with Crippen molar-refractivity contribution in [1.29, 1.82) is 0 Å². The number of carboxylic acid groups (broad SMARTS) is 1. The summed E-state index contributed by atoms with van der Waals surface area (Å²) in [6.07, 6.45) is 27.4. The quantitative estimate of drug-likeness (QED) is 0.0751. The van der Waals surface area contributed by atoms with Crippen LogP contribution in [0.5, 0.6) is 0 Å². The Labute approximate surface area is 220 Å². The number of unbranched alkanes of at least 4 members (excludes halogenated alkanes) is 12. The van der Waals surface area contributed by atoms with Gasteiger partial charge in [-0.1, -0.05) is 103 Å². The highest BCUT2D eigenvalue weighted by molar-refractivity contribution is 5.80. The molecule has 0 aromatic rings. The second-order valence-corrected chi connectivity index (χ2v) is 9.65. The van der Waals surface area contributed by atoms with E-state index in [-0.39, 0.29) is 24.5 Å². The summed E-state index contributed by atoms with van der Waals surface area (Å²) >= 11 is 0. The molecule has 1 unspecified atom stereocenters. The SMILES string of the molecule is CCC/C=C\C/C=C\C(CCCCCCC(=O)NCC(=O)O)OC(=O)CCCCCCCCCCC. The Hall–Kier alpha value is -2.11. The number of hydrogen-bond acceptors (Lipinski definition) is 4. The molecule has 0 aromatic carbocycles. The van der Waals surface area contributed by atoms with Gasteiger partial charge in [0.05, 0.1) is 0 Å². The summed E-state index contributed by atoms with van der Waals surface area (Å²) in [6, 6.07) is 0. The Morgan fingerprint density at radius 1 is 0.750 bits per heavy atom. The minimum Gasteiger partial charge on any atom is -0.480 e.